The van der Waals surface area contributed by atoms with E-state index in [1.165, 1.54) is 6.92 Å². The summed E-state index contributed by atoms with van der Waals surface area (Å²) in [7, 11) is 0. The smallest absolute Gasteiger partial charge is 0.222 e. The van der Waals surface area contributed by atoms with E-state index in [0.717, 1.165) is 25.9 Å². The molecular formula is C15H10IN5O. The average molecular weight is 403 g/mol. The van der Waals surface area contributed by atoms with Crippen molar-refractivity contribution in [3.63, 3.8) is 0 Å². The minimum absolute atomic E-state index is 0.170. The summed E-state index contributed by atoms with van der Waals surface area (Å²) < 4.78 is 0.956. The third-order valence-electron chi connectivity index (χ3n) is 3.06. The molecule has 0 fully saturated rings. The van der Waals surface area contributed by atoms with Gasteiger partial charge in [-0.25, -0.2) is 4.98 Å². The van der Waals surface area contributed by atoms with Gasteiger partial charge in [0.15, 0.2) is 0 Å². The van der Waals surface area contributed by atoms with Crippen molar-refractivity contribution >= 4 is 45.3 Å². The van der Waals surface area contributed by atoms with Crippen molar-refractivity contribution in [1.82, 2.24) is 15.0 Å². The second-order valence-electron chi connectivity index (χ2n) is 4.66. The SMILES string of the molecule is CC(=O)Nc1cc(-c2[nH]c3cc(C#N)cnc3c2I)ccn1. The molecule has 6 nitrogen and oxygen atoms in total. The third-order valence-corrected chi connectivity index (χ3v) is 4.11. The highest BCUT2D eigenvalue weighted by Crippen LogP contribution is 2.31. The standard InChI is InChI=1S/C15H10IN5O/c1-8(22)20-12-5-10(2-3-18-12)14-13(16)15-11(21-14)4-9(6-17)7-19-15/h2-5,7,21H,1H3,(H,18,20,22). The number of aromatic amines is 1. The van der Waals surface area contributed by atoms with Crippen LogP contribution in [0.5, 0.6) is 0 Å². The van der Waals surface area contributed by atoms with Crippen LogP contribution in [0.4, 0.5) is 5.82 Å². The molecule has 108 valence electrons. The quantitative estimate of drug-likeness (QED) is 0.644. The number of aromatic nitrogens is 3. The van der Waals surface area contributed by atoms with Crippen LogP contribution in [0.3, 0.4) is 0 Å². The summed E-state index contributed by atoms with van der Waals surface area (Å²) in [6.07, 6.45) is 3.19. The molecular weight excluding hydrogens is 393 g/mol. The number of anilines is 1. The first-order valence-corrected chi connectivity index (χ1v) is 7.47. The highest BCUT2D eigenvalue weighted by Gasteiger charge is 2.13. The zero-order chi connectivity index (χ0) is 15.7. The molecule has 3 aromatic rings. The zero-order valence-electron chi connectivity index (χ0n) is 11.5. The lowest BCUT2D eigenvalue weighted by atomic mass is 10.2. The molecule has 7 heteroatoms. The van der Waals surface area contributed by atoms with Gasteiger partial charge in [-0.1, -0.05) is 0 Å². The second kappa shape index (κ2) is 5.73. The number of pyridine rings is 2. The molecule has 1 amide bonds. The minimum Gasteiger partial charge on any atom is -0.352 e. The molecule has 0 unspecified atom stereocenters. The van der Waals surface area contributed by atoms with Crippen LogP contribution in [-0.4, -0.2) is 20.9 Å². The van der Waals surface area contributed by atoms with Crippen LogP contribution in [0.2, 0.25) is 0 Å². The van der Waals surface area contributed by atoms with Crippen LogP contribution < -0.4 is 5.32 Å². The van der Waals surface area contributed by atoms with Crippen LogP contribution in [0.15, 0.2) is 30.6 Å². The van der Waals surface area contributed by atoms with Gasteiger partial charge in [0.1, 0.15) is 17.4 Å². The van der Waals surface area contributed by atoms with E-state index in [1.54, 1.807) is 24.5 Å². The Bertz CT molecular complexity index is 925. The molecule has 0 bridgehead atoms. The first kappa shape index (κ1) is 14.5. The maximum Gasteiger partial charge on any atom is 0.222 e. The van der Waals surface area contributed by atoms with Crippen LogP contribution in [0.1, 0.15) is 12.5 Å². The summed E-state index contributed by atoms with van der Waals surface area (Å²) in [4.78, 5) is 22.8. The summed E-state index contributed by atoms with van der Waals surface area (Å²) in [6, 6.07) is 7.49. The lowest BCUT2D eigenvalue weighted by Gasteiger charge is -2.04. The zero-order valence-corrected chi connectivity index (χ0v) is 13.7. The summed E-state index contributed by atoms with van der Waals surface area (Å²) >= 11 is 2.21. The maximum absolute atomic E-state index is 11.1. The number of halogens is 1. The molecule has 3 aromatic heterocycles. The fourth-order valence-electron chi connectivity index (χ4n) is 2.14. The molecule has 0 saturated heterocycles. The molecule has 0 aliphatic carbocycles. The molecule has 2 N–H and O–H groups in total. The number of fused-ring (bicyclic) bond motifs is 1. The molecule has 3 heterocycles. The summed E-state index contributed by atoms with van der Waals surface area (Å²) in [5.41, 5.74) is 3.89. The number of hydrogen-bond acceptors (Lipinski definition) is 4. The topological polar surface area (TPSA) is 94.5 Å². The van der Waals surface area contributed by atoms with Crippen molar-refractivity contribution in [2.75, 3.05) is 5.32 Å². The number of carbonyl (C=O) groups excluding carboxylic acids is 1. The summed E-state index contributed by atoms with van der Waals surface area (Å²) in [5, 5.41) is 11.6. The fourth-order valence-corrected chi connectivity index (χ4v) is 3.01. The fraction of sp³-hybridized carbons (Fsp3) is 0.0667. The number of nitrogens with zero attached hydrogens (tertiary/aromatic N) is 3. The predicted octanol–water partition coefficient (Wildman–Crippen LogP) is 3.06. The monoisotopic (exact) mass is 403 g/mol. The Morgan fingerprint density at radius 3 is 2.95 bits per heavy atom. The Morgan fingerprint density at radius 2 is 2.23 bits per heavy atom. The Labute approximate surface area is 139 Å². The first-order chi connectivity index (χ1) is 10.6. The number of hydrogen-bond donors (Lipinski definition) is 2. The normalized spacial score (nSPS) is 10.4. The van der Waals surface area contributed by atoms with E-state index >= 15 is 0 Å². The minimum atomic E-state index is -0.170. The van der Waals surface area contributed by atoms with Gasteiger partial charge >= 0.3 is 0 Å². The molecule has 0 saturated carbocycles. The molecule has 0 aliphatic rings. The number of carbonyl (C=O) groups is 1. The lowest BCUT2D eigenvalue weighted by molar-refractivity contribution is -0.114. The van der Waals surface area contributed by atoms with Gasteiger partial charge in [-0.3, -0.25) is 9.78 Å². The van der Waals surface area contributed by atoms with E-state index in [-0.39, 0.29) is 5.91 Å². The first-order valence-electron chi connectivity index (χ1n) is 6.40. The molecule has 3 rings (SSSR count). The molecule has 0 aromatic carbocycles. The Hall–Kier alpha value is -2.47. The second-order valence-corrected chi connectivity index (χ2v) is 5.74. The van der Waals surface area contributed by atoms with Gasteiger partial charge in [-0.05, 0) is 40.8 Å². The highest BCUT2D eigenvalue weighted by molar-refractivity contribution is 14.1. The van der Waals surface area contributed by atoms with E-state index in [2.05, 4.69) is 48.9 Å². The van der Waals surface area contributed by atoms with E-state index < -0.39 is 0 Å². The number of H-pyrrole nitrogens is 1. The van der Waals surface area contributed by atoms with Crippen molar-refractivity contribution < 1.29 is 4.79 Å². The molecule has 0 radical (unpaired) electrons. The Balaban J connectivity index is 2.12. The van der Waals surface area contributed by atoms with Crippen LogP contribution in [0, 0.1) is 14.9 Å². The summed E-state index contributed by atoms with van der Waals surface area (Å²) in [5.74, 6) is 0.321. The Kier molecular flexibility index (Phi) is 3.77. The average Bonchev–Trinajstić information content (AvgIpc) is 2.83. The van der Waals surface area contributed by atoms with E-state index in [0.29, 0.717) is 11.4 Å². The third kappa shape index (κ3) is 2.65. The van der Waals surface area contributed by atoms with Gasteiger partial charge in [-0.15, -0.1) is 0 Å². The van der Waals surface area contributed by atoms with Crippen molar-refractivity contribution in [1.29, 1.82) is 5.26 Å². The van der Waals surface area contributed by atoms with Crippen LogP contribution in [0.25, 0.3) is 22.3 Å². The maximum atomic E-state index is 11.1. The predicted molar refractivity (Wildman–Crippen MR) is 91.1 cm³/mol. The molecule has 0 atom stereocenters. The number of nitrogens with one attached hydrogen (secondary N) is 2. The van der Waals surface area contributed by atoms with E-state index in [4.69, 9.17) is 5.26 Å². The largest absolute Gasteiger partial charge is 0.352 e. The van der Waals surface area contributed by atoms with Crippen molar-refractivity contribution in [2.24, 2.45) is 0 Å². The number of nitriles is 1. The van der Waals surface area contributed by atoms with Crippen molar-refractivity contribution in [3.05, 3.63) is 39.7 Å². The Morgan fingerprint density at radius 1 is 1.41 bits per heavy atom. The van der Waals surface area contributed by atoms with Crippen LogP contribution >= 0.6 is 22.6 Å². The van der Waals surface area contributed by atoms with Crippen LogP contribution in [-0.2, 0) is 4.79 Å². The molecule has 0 spiro atoms. The van der Waals surface area contributed by atoms with Gasteiger partial charge in [0, 0.05) is 24.9 Å². The van der Waals surface area contributed by atoms with Crippen molar-refractivity contribution in [3.8, 4) is 17.3 Å². The van der Waals surface area contributed by atoms with Gasteiger partial charge in [-0.2, -0.15) is 5.26 Å². The number of rotatable bonds is 2. The highest BCUT2D eigenvalue weighted by atomic mass is 127. The molecule has 0 aliphatic heterocycles. The van der Waals surface area contributed by atoms with Gasteiger partial charge in [0.2, 0.25) is 5.91 Å². The van der Waals surface area contributed by atoms with Gasteiger partial charge in [0.05, 0.1) is 20.3 Å². The lowest BCUT2D eigenvalue weighted by Crippen LogP contribution is -2.07. The van der Waals surface area contributed by atoms with Crippen molar-refractivity contribution in [2.45, 2.75) is 6.92 Å². The van der Waals surface area contributed by atoms with Gasteiger partial charge in [0.25, 0.3) is 0 Å². The summed E-state index contributed by atoms with van der Waals surface area (Å²) in [6.45, 7) is 1.44. The van der Waals surface area contributed by atoms with Gasteiger partial charge < -0.3 is 10.3 Å². The molecule has 22 heavy (non-hydrogen) atoms. The number of amides is 1. The van der Waals surface area contributed by atoms with E-state index in [1.807, 2.05) is 6.07 Å². The van der Waals surface area contributed by atoms with E-state index in [9.17, 15) is 4.79 Å².